The van der Waals surface area contributed by atoms with E-state index in [1.165, 1.54) is 38.5 Å². The lowest BCUT2D eigenvalue weighted by molar-refractivity contribution is -0.148. The first-order valence-corrected chi connectivity index (χ1v) is 12.5. The zero-order valence-electron chi connectivity index (χ0n) is 18.6. The lowest BCUT2D eigenvalue weighted by Gasteiger charge is -2.38. The molecule has 1 saturated heterocycles. The molecule has 2 aromatic carbocycles. The molecule has 0 saturated carbocycles. The van der Waals surface area contributed by atoms with Crippen molar-refractivity contribution in [2.24, 2.45) is 0 Å². The molecule has 33 heavy (non-hydrogen) atoms. The molecule has 3 rings (SSSR count). The van der Waals surface area contributed by atoms with Crippen LogP contribution in [0.15, 0.2) is 53.4 Å². The first-order chi connectivity index (χ1) is 15.8. The van der Waals surface area contributed by atoms with E-state index in [0.717, 1.165) is 0 Å². The number of nitrogens with zero attached hydrogens (tertiary/aromatic N) is 2. The number of hydrogen-bond donors (Lipinski definition) is 0. The third-order valence-corrected chi connectivity index (χ3v) is 7.65. The Bertz CT molecular complexity index is 1080. The number of sulfone groups is 1. The summed E-state index contributed by atoms with van der Waals surface area (Å²) < 4.78 is 34.4. The standard InChI is InChI=1S/C23H27ClN2O6S/c1-31-15-16-33(29,30)18-9-7-17(8-10-18)22(27)26-13-11-25(12-14-26)21(23(28)32-2)19-5-3-4-6-20(19)24/h3-10,21H,11-16H2,1-2H3. The molecule has 2 aromatic rings. The molecule has 0 radical (unpaired) electrons. The van der Waals surface area contributed by atoms with Crippen molar-refractivity contribution >= 4 is 33.3 Å². The first kappa shape index (κ1) is 25.2. The molecule has 1 fully saturated rings. The number of esters is 1. The molecule has 10 heteroatoms. The molecule has 0 aromatic heterocycles. The van der Waals surface area contributed by atoms with Gasteiger partial charge in [0.25, 0.3) is 5.91 Å². The van der Waals surface area contributed by atoms with Gasteiger partial charge in [0.05, 0.1) is 24.4 Å². The van der Waals surface area contributed by atoms with Crippen LogP contribution in [0, 0.1) is 0 Å². The van der Waals surface area contributed by atoms with E-state index < -0.39 is 21.8 Å². The minimum Gasteiger partial charge on any atom is -0.468 e. The van der Waals surface area contributed by atoms with Crippen molar-refractivity contribution in [2.75, 3.05) is 52.8 Å². The Kier molecular flexibility index (Phi) is 8.47. The number of benzene rings is 2. The van der Waals surface area contributed by atoms with Crippen LogP contribution >= 0.6 is 11.6 Å². The zero-order chi connectivity index (χ0) is 24.0. The molecule has 1 aliphatic rings. The highest BCUT2D eigenvalue weighted by Gasteiger charge is 2.33. The second-order valence-electron chi connectivity index (χ2n) is 7.61. The highest BCUT2D eigenvalue weighted by atomic mass is 35.5. The van der Waals surface area contributed by atoms with Gasteiger partial charge < -0.3 is 14.4 Å². The molecule has 1 atom stereocenters. The van der Waals surface area contributed by atoms with Gasteiger partial charge in [0, 0.05) is 43.9 Å². The number of carbonyl (C=O) groups is 2. The Balaban J connectivity index is 1.68. The minimum atomic E-state index is -3.46. The van der Waals surface area contributed by atoms with Gasteiger partial charge >= 0.3 is 5.97 Å². The second kappa shape index (κ2) is 11.1. The van der Waals surface area contributed by atoms with Gasteiger partial charge in [0.1, 0.15) is 6.04 Å². The van der Waals surface area contributed by atoms with E-state index in [-0.39, 0.29) is 23.2 Å². The van der Waals surface area contributed by atoms with E-state index in [1.807, 2.05) is 11.0 Å². The van der Waals surface area contributed by atoms with Crippen molar-refractivity contribution in [2.45, 2.75) is 10.9 Å². The van der Waals surface area contributed by atoms with E-state index in [2.05, 4.69) is 0 Å². The van der Waals surface area contributed by atoms with E-state index in [9.17, 15) is 18.0 Å². The van der Waals surface area contributed by atoms with Gasteiger partial charge in [0.2, 0.25) is 0 Å². The largest absolute Gasteiger partial charge is 0.468 e. The maximum atomic E-state index is 12.9. The maximum Gasteiger partial charge on any atom is 0.327 e. The average molecular weight is 495 g/mol. The molecule has 1 heterocycles. The third kappa shape index (κ3) is 5.92. The summed E-state index contributed by atoms with van der Waals surface area (Å²) in [6.45, 7) is 1.84. The quantitative estimate of drug-likeness (QED) is 0.520. The molecule has 8 nitrogen and oxygen atoms in total. The Morgan fingerprint density at radius 3 is 2.21 bits per heavy atom. The van der Waals surface area contributed by atoms with E-state index in [4.69, 9.17) is 21.1 Å². The lowest BCUT2D eigenvalue weighted by Crippen LogP contribution is -2.51. The number of halogens is 1. The number of piperazine rings is 1. The average Bonchev–Trinajstić information content (AvgIpc) is 2.84. The van der Waals surface area contributed by atoms with Crippen LogP contribution in [0.5, 0.6) is 0 Å². The smallest absolute Gasteiger partial charge is 0.327 e. The van der Waals surface area contributed by atoms with Crippen LogP contribution in [0.4, 0.5) is 0 Å². The normalized spacial score (nSPS) is 15.8. The molecule has 0 N–H and O–H groups in total. The van der Waals surface area contributed by atoms with Crippen LogP contribution in [-0.2, 0) is 24.1 Å². The highest BCUT2D eigenvalue weighted by molar-refractivity contribution is 7.91. The SMILES string of the molecule is COCCS(=O)(=O)c1ccc(C(=O)N2CCN(C(C(=O)OC)c3ccccc3Cl)CC2)cc1. The van der Waals surface area contributed by atoms with Gasteiger partial charge in [0.15, 0.2) is 9.84 Å². The Hall–Kier alpha value is -2.46. The fourth-order valence-electron chi connectivity index (χ4n) is 3.76. The van der Waals surface area contributed by atoms with Gasteiger partial charge in [-0.2, -0.15) is 0 Å². The van der Waals surface area contributed by atoms with E-state index in [1.54, 1.807) is 23.1 Å². The molecular formula is C23H27ClN2O6S. The third-order valence-electron chi connectivity index (χ3n) is 5.61. The van der Waals surface area contributed by atoms with Gasteiger partial charge in [-0.15, -0.1) is 0 Å². The minimum absolute atomic E-state index is 0.105. The van der Waals surface area contributed by atoms with Crippen LogP contribution in [0.25, 0.3) is 0 Å². The van der Waals surface area contributed by atoms with Crippen molar-refractivity contribution in [1.82, 2.24) is 9.80 Å². The van der Waals surface area contributed by atoms with Crippen molar-refractivity contribution < 1.29 is 27.5 Å². The van der Waals surface area contributed by atoms with Crippen molar-refractivity contribution in [1.29, 1.82) is 0 Å². The van der Waals surface area contributed by atoms with Gasteiger partial charge in [-0.25, -0.2) is 13.2 Å². The number of rotatable bonds is 8. The summed E-state index contributed by atoms with van der Waals surface area (Å²) in [6, 6.07) is 12.4. The van der Waals surface area contributed by atoms with Crippen LogP contribution in [0.2, 0.25) is 5.02 Å². The number of hydrogen-bond acceptors (Lipinski definition) is 7. The molecule has 0 spiro atoms. The summed E-state index contributed by atoms with van der Waals surface area (Å²) in [4.78, 5) is 29.3. The van der Waals surface area contributed by atoms with Gasteiger partial charge in [-0.1, -0.05) is 29.8 Å². The summed E-state index contributed by atoms with van der Waals surface area (Å²) >= 11 is 6.32. The first-order valence-electron chi connectivity index (χ1n) is 10.5. The van der Waals surface area contributed by atoms with Crippen LogP contribution in [0.3, 0.4) is 0 Å². The fourth-order valence-corrected chi connectivity index (χ4v) is 5.17. The van der Waals surface area contributed by atoms with Crippen LogP contribution in [-0.4, -0.2) is 82.9 Å². The predicted molar refractivity (Wildman–Crippen MR) is 124 cm³/mol. The molecule has 0 aliphatic carbocycles. The van der Waals surface area contributed by atoms with Crippen molar-refractivity contribution in [3.8, 4) is 0 Å². The van der Waals surface area contributed by atoms with Crippen LogP contribution < -0.4 is 0 Å². The summed E-state index contributed by atoms with van der Waals surface area (Å²) in [7, 11) is -0.677. The number of methoxy groups -OCH3 is 2. The molecule has 1 amide bonds. The van der Waals surface area contributed by atoms with E-state index >= 15 is 0 Å². The Morgan fingerprint density at radius 2 is 1.64 bits per heavy atom. The number of amides is 1. The summed E-state index contributed by atoms with van der Waals surface area (Å²) in [5, 5.41) is 0.479. The number of carbonyl (C=O) groups excluding carboxylic acids is 2. The molecule has 1 unspecified atom stereocenters. The van der Waals surface area contributed by atoms with E-state index in [0.29, 0.717) is 42.3 Å². The maximum absolute atomic E-state index is 12.9. The summed E-state index contributed by atoms with van der Waals surface area (Å²) in [6.07, 6.45) is 0. The molecule has 1 aliphatic heterocycles. The molecule has 178 valence electrons. The van der Waals surface area contributed by atoms with Crippen molar-refractivity contribution in [3.05, 3.63) is 64.7 Å². The highest BCUT2D eigenvalue weighted by Crippen LogP contribution is 2.29. The lowest BCUT2D eigenvalue weighted by atomic mass is 10.0. The zero-order valence-corrected chi connectivity index (χ0v) is 20.1. The van der Waals surface area contributed by atoms with Gasteiger partial charge in [-0.3, -0.25) is 9.69 Å². The molecular weight excluding hydrogens is 468 g/mol. The monoisotopic (exact) mass is 494 g/mol. The van der Waals surface area contributed by atoms with Gasteiger partial charge in [-0.05, 0) is 35.9 Å². The Labute approximate surface area is 198 Å². The number of ether oxygens (including phenoxy) is 2. The summed E-state index contributed by atoms with van der Waals surface area (Å²) in [5.41, 5.74) is 1.07. The predicted octanol–water partition coefficient (Wildman–Crippen LogP) is 2.43. The summed E-state index contributed by atoms with van der Waals surface area (Å²) in [5.74, 6) is -0.720. The second-order valence-corrected chi connectivity index (χ2v) is 10.1. The Morgan fingerprint density at radius 1 is 1.00 bits per heavy atom. The van der Waals surface area contributed by atoms with Crippen LogP contribution in [0.1, 0.15) is 22.0 Å². The fraction of sp³-hybridized carbons (Fsp3) is 0.391. The van der Waals surface area contributed by atoms with Crippen molar-refractivity contribution in [3.63, 3.8) is 0 Å². The molecule has 0 bridgehead atoms. The topological polar surface area (TPSA) is 93.2 Å².